The molecule has 0 N–H and O–H groups in total. The molecule has 0 spiro atoms. The Morgan fingerprint density at radius 2 is 1.74 bits per heavy atom. The summed E-state index contributed by atoms with van der Waals surface area (Å²) in [4.78, 5) is 0.273. The second-order valence-electron chi connectivity index (χ2n) is 6.62. The van der Waals surface area contributed by atoms with Crippen LogP contribution in [0.15, 0.2) is 53.4 Å². The fraction of sp³-hybridized carbons (Fsp3) is 0.400. The van der Waals surface area contributed by atoms with Crippen molar-refractivity contribution < 1.29 is 17.9 Å². The van der Waals surface area contributed by atoms with E-state index in [2.05, 4.69) is 12.1 Å². The molecular weight excluding hydrogens is 382 g/mol. The fourth-order valence-corrected chi connectivity index (χ4v) is 6.20. The average molecular weight is 406 g/mol. The van der Waals surface area contributed by atoms with Crippen molar-refractivity contribution in [2.45, 2.75) is 23.0 Å². The number of benzene rings is 2. The monoisotopic (exact) mass is 405 g/mol. The van der Waals surface area contributed by atoms with Crippen LogP contribution in [0.3, 0.4) is 0 Å². The topological polar surface area (TPSA) is 55.8 Å². The third-order valence-electron chi connectivity index (χ3n) is 4.83. The zero-order valence-corrected chi connectivity index (χ0v) is 16.7. The number of rotatable bonds is 3. The quantitative estimate of drug-likeness (QED) is 0.779. The maximum atomic E-state index is 13.2. The van der Waals surface area contributed by atoms with Crippen LogP contribution in [-0.4, -0.2) is 44.8 Å². The van der Waals surface area contributed by atoms with Gasteiger partial charge in [0.05, 0.1) is 18.1 Å². The number of sulfonamides is 1. The molecule has 7 heteroatoms. The van der Waals surface area contributed by atoms with Crippen molar-refractivity contribution >= 4 is 21.8 Å². The Balaban J connectivity index is 1.53. The molecule has 27 heavy (non-hydrogen) atoms. The lowest BCUT2D eigenvalue weighted by Gasteiger charge is -2.20. The second-order valence-corrected chi connectivity index (χ2v) is 9.87. The Kier molecular flexibility index (Phi) is 5.61. The smallest absolute Gasteiger partial charge is 0.243 e. The van der Waals surface area contributed by atoms with Crippen LogP contribution in [-0.2, 0) is 10.0 Å². The van der Waals surface area contributed by atoms with Gasteiger partial charge in [0.2, 0.25) is 10.0 Å². The van der Waals surface area contributed by atoms with Gasteiger partial charge in [-0.15, -0.1) is 0 Å². The fourth-order valence-electron chi connectivity index (χ4n) is 3.38. The van der Waals surface area contributed by atoms with Crippen LogP contribution in [0.4, 0.5) is 0 Å². The molecule has 0 bridgehead atoms. The van der Waals surface area contributed by atoms with Gasteiger partial charge in [-0.3, -0.25) is 0 Å². The number of thioether (sulfide) groups is 1. The lowest BCUT2D eigenvalue weighted by Crippen LogP contribution is -2.33. The Morgan fingerprint density at radius 1 is 0.963 bits per heavy atom. The molecule has 1 saturated heterocycles. The van der Waals surface area contributed by atoms with Crippen LogP contribution in [0.25, 0.3) is 0 Å². The average Bonchev–Trinajstić information content (AvgIpc) is 3.09. The summed E-state index contributed by atoms with van der Waals surface area (Å²) in [7, 11) is -3.55. The maximum absolute atomic E-state index is 13.2. The van der Waals surface area contributed by atoms with Gasteiger partial charge in [-0.05, 0) is 24.1 Å². The first kappa shape index (κ1) is 18.7. The first-order valence-electron chi connectivity index (χ1n) is 9.21. The molecule has 5 nitrogen and oxygen atoms in total. The van der Waals surface area contributed by atoms with E-state index in [-0.39, 0.29) is 4.90 Å². The summed E-state index contributed by atoms with van der Waals surface area (Å²) in [6, 6.07) is 15.2. The second kappa shape index (κ2) is 8.12. The number of hydrogen-bond acceptors (Lipinski definition) is 5. The Hall–Kier alpha value is -1.70. The predicted molar refractivity (Wildman–Crippen MR) is 107 cm³/mol. The van der Waals surface area contributed by atoms with Crippen LogP contribution in [0.1, 0.15) is 23.7 Å². The predicted octanol–water partition coefficient (Wildman–Crippen LogP) is 3.72. The van der Waals surface area contributed by atoms with Crippen LogP contribution < -0.4 is 9.47 Å². The van der Waals surface area contributed by atoms with Gasteiger partial charge < -0.3 is 9.47 Å². The van der Waals surface area contributed by atoms with Crippen molar-refractivity contribution in [3.05, 3.63) is 54.1 Å². The van der Waals surface area contributed by atoms with Crippen molar-refractivity contribution in [3.63, 3.8) is 0 Å². The van der Waals surface area contributed by atoms with E-state index >= 15 is 0 Å². The molecule has 0 aliphatic carbocycles. The number of nitrogens with zero attached hydrogens (tertiary/aromatic N) is 1. The highest BCUT2D eigenvalue weighted by molar-refractivity contribution is 7.99. The molecule has 0 amide bonds. The lowest BCUT2D eigenvalue weighted by molar-refractivity contribution is 0.296. The highest BCUT2D eigenvalue weighted by atomic mass is 32.2. The molecule has 2 aliphatic rings. The van der Waals surface area contributed by atoms with Gasteiger partial charge in [0.1, 0.15) is 0 Å². The Labute approximate surface area is 164 Å². The molecule has 2 aliphatic heterocycles. The first-order chi connectivity index (χ1) is 13.1. The Morgan fingerprint density at radius 3 is 2.56 bits per heavy atom. The molecule has 0 aromatic heterocycles. The third kappa shape index (κ3) is 4.10. The van der Waals surface area contributed by atoms with Gasteiger partial charge in [-0.2, -0.15) is 16.1 Å². The van der Waals surface area contributed by atoms with E-state index in [1.54, 1.807) is 22.5 Å². The van der Waals surface area contributed by atoms with Crippen LogP contribution in [0.2, 0.25) is 0 Å². The summed E-state index contributed by atoms with van der Waals surface area (Å²) in [5.74, 6) is 1.91. The summed E-state index contributed by atoms with van der Waals surface area (Å²) in [5.41, 5.74) is 1.26. The number of fused-ring (bicyclic) bond motifs is 1. The van der Waals surface area contributed by atoms with E-state index in [0.717, 1.165) is 18.6 Å². The molecule has 4 rings (SSSR count). The van der Waals surface area contributed by atoms with Gasteiger partial charge in [0.25, 0.3) is 0 Å². The van der Waals surface area contributed by atoms with E-state index < -0.39 is 10.0 Å². The number of hydrogen-bond donors (Lipinski definition) is 0. The molecule has 2 aromatic rings. The molecular formula is C20H23NO4S2. The molecule has 0 radical (unpaired) electrons. The van der Waals surface area contributed by atoms with Gasteiger partial charge in [-0.25, -0.2) is 8.42 Å². The van der Waals surface area contributed by atoms with Crippen molar-refractivity contribution in [2.75, 3.05) is 32.1 Å². The van der Waals surface area contributed by atoms with E-state index in [9.17, 15) is 8.42 Å². The summed E-state index contributed by atoms with van der Waals surface area (Å²) in [5, 5.41) is 0.329. The normalized spacial score (nSPS) is 21.3. The zero-order chi connectivity index (χ0) is 18.7. The van der Waals surface area contributed by atoms with Crippen molar-refractivity contribution in [1.29, 1.82) is 0 Å². The maximum Gasteiger partial charge on any atom is 0.243 e. The van der Waals surface area contributed by atoms with Gasteiger partial charge >= 0.3 is 0 Å². The minimum Gasteiger partial charge on any atom is -0.490 e. The number of ether oxygens (including phenoxy) is 2. The van der Waals surface area contributed by atoms with E-state index in [1.165, 1.54) is 5.56 Å². The van der Waals surface area contributed by atoms with Crippen molar-refractivity contribution in [3.8, 4) is 11.5 Å². The van der Waals surface area contributed by atoms with E-state index in [0.29, 0.717) is 43.1 Å². The SMILES string of the molecule is O=S(=O)(c1ccc2c(c1)OCCCO2)N1CCSC(c2ccccc2)CC1. The van der Waals surface area contributed by atoms with Gasteiger partial charge in [-0.1, -0.05) is 30.3 Å². The highest BCUT2D eigenvalue weighted by Crippen LogP contribution is 2.37. The summed E-state index contributed by atoms with van der Waals surface area (Å²) in [6.07, 6.45) is 1.60. The molecule has 2 heterocycles. The van der Waals surface area contributed by atoms with Gasteiger partial charge in [0.15, 0.2) is 11.5 Å². The minimum absolute atomic E-state index is 0.273. The molecule has 2 aromatic carbocycles. The van der Waals surface area contributed by atoms with Crippen molar-refractivity contribution in [1.82, 2.24) is 4.31 Å². The highest BCUT2D eigenvalue weighted by Gasteiger charge is 2.29. The van der Waals surface area contributed by atoms with E-state index in [1.807, 2.05) is 30.0 Å². The Bertz CT molecular complexity index is 886. The minimum atomic E-state index is -3.55. The van der Waals surface area contributed by atoms with E-state index in [4.69, 9.17) is 9.47 Å². The standard InChI is InChI=1S/C20H23NO4S2/c22-27(23,17-7-8-18-19(15-17)25-13-4-12-24-18)21-10-9-20(26-14-11-21)16-5-2-1-3-6-16/h1-3,5-8,15,20H,4,9-14H2. The summed E-state index contributed by atoms with van der Waals surface area (Å²) >= 11 is 1.83. The van der Waals surface area contributed by atoms with Gasteiger partial charge in [0, 0.05) is 36.6 Å². The molecule has 1 atom stereocenters. The molecule has 144 valence electrons. The molecule has 1 unspecified atom stereocenters. The third-order valence-corrected chi connectivity index (χ3v) is 8.05. The van der Waals surface area contributed by atoms with Crippen LogP contribution in [0, 0.1) is 0 Å². The zero-order valence-electron chi connectivity index (χ0n) is 15.0. The first-order valence-corrected chi connectivity index (χ1v) is 11.7. The van der Waals surface area contributed by atoms with Crippen molar-refractivity contribution in [2.24, 2.45) is 0 Å². The molecule has 0 saturated carbocycles. The lowest BCUT2D eigenvalue weighted by atomic mass is 10.1. The van der Waals surface area contributed by atoms with Crippen LogP contribution in [0.5, 0.6) is 11.5 Å². The molecule has 1 fully saturated rings. The largest absolute Gasteiger partial charge is 0.490 e. The van der Waals surface area contributed by atoms with Crippen LogP contribution >= 0.6 is 11.8 Å². The summed E-state index contributed by atoms with van der Waals surface area (Å²) in [6.45, 7) is 2.16. The summed E-state index contributed by atoms with van der Waals surface area (Å²) < 4.78 is 39.2.